The molecule has 0 saturated heterocycles. The van der Waals surface area contributed by atoms with Gasteiger partial charge in [0.05, 0.1) is 0 Å². The standard InChI is InChI=1S/C16H22N4O3S/c1-19(2)16(21)15-9-13(11-20(15)3)24(22,23)18-10-14(17)12-7-5-4-6-8-12/h4-9,11,14,18H,10,17H2,1-3H3. The van der Waals surface area contributed by atoms with Gasteiger partial charge in [0.2, 0.25) is 10.0 Å². The van der Waals surface area contributed by atoms with Crippen molar-refractivity contribution in [2.75, 3.05) is 20.6 Å². The van der Waals surface area contributed by atoms with Gasteiger partial charge in [-0.3, -0.25) is 4.79 Å². The van der Waals surface area contributed by atoms with E-state index < -0.39 is 16.1 Å². The first kappa shape index (κ1) is 18.2. The number of aryl methyl sites for hydroxylation is 1. The molecule has 0 spiro atoms. The van der Waals surface area contributed by atoms with Gasteiger partial charge in [0.1, 0.15) is 10.6 Å². The Bertz CT molecular complexity index is 813. The van der Waals surface area contributed by atoms with Gasteiger partial charge in [0.15, 0.2) is 0 Å². The van der Waals surface area contributed by atoms with Crippen LogP contribution in [0, 0.1) is 0 Å². The third-order valence-corrected chi connectivity index (χ3v) is 5.03. The van der Waals surface area contributed by atoms with Crippen molar-refractivity contribution in [2.24, 2.45) is 12.8 Å². The van der Waals surface area contributed by atoms with Crippen molar-refractivity contribution < 1.29 is 13.2 Å². The highest BCUT2D eigenvalue weighted by Gasteiger charge is 2.22. The molecular formula is C16H22N4O3S. The quantitative estimate of drug-likeness (QED) is 0.801. The Morgan fingerprint density at radius 3 is 2.50 bits per heavy atom. The molecule has 0 aliphatic rings. The van der Waals surface area contributed by atoms with E-state index in [9.17, 15) is 13.2 Å². The number of benzene rings is 1. The number of carbonyl (C=O) groups excluding carboxylic acids is 1. The van der Waals surface area contributed by atoms with Crippen LogP contribution in [-0.4, -0.2) is 44.4 Å². The topological polar surface area (TPSA) is 97.4 Å². The zero-order valence-electron chi connectivity index (χ0n) is 13.9. The second kappa shape index (κ2) is 7.16. The Kier molecular flexibility index (Phi) is 5.43. The molecule has 7 nitrogen and oxygen atoms in total. The van der Waals surface area contributed by atoms with Gasteiger partial charge in [0.25, 0.3) is 5.91 Å². The van der Waals surface area contributed by atoms with Crippen LogP contribution in [0.4, 0.5) is 0 Å². The molecule has 1 unspecified atom stereocenters. The maximum atomic E-state index is 12.4. The zero-order valence-corrected chi connectivity index (χ0v) is 14.7. The second-order valence-electron chi connectivity index (χ2n) is 5.74. The number of hydrogen-bond acceptors (Lipinski definition) is 4. The first-order valence-electron chi connectivity index (χ1n) is 7.40. The molecule has 24 heavy (non-hydrogen) atoms. The van der Waals surface area contributed by atoms with Crippen molar-refractivity contribution >= 4 is 15.9 Å². The summed E-state index contributed by atoms with van der Waals surface area (Å²) in [6.07, 6.45) is 1.41. The van der Waals surface area contributed by atoms with E-state index >= 15 is 0 Å². The molecule has 0 saturated carbocycles. The highest BCUT2D eigenvalue weighted by Crippen LogP contribution is 2.16. The van der Waals surface area contributed by atoms with Crippen LogP contribution in [0.15, 0.2) is 47.5 Å². The molecule has 0 fully saturated rings. The van der Waals surface area contributed by atoms with Gasteiger partial charge in [-0.2, -0.15) is 0 Å². The summed E-state index contributed by atoms with van der Waals surface area (Å²) >= 11 is 0. The average Bonchev–Trinajstić information content (AvgIpc) is 2.95. The van der Waals surface area contributed by atoms with Crippen LogP contribution in [0.5, 0.6) is 0 Å². The predicted molar refractivity (Wildman–Crippen MR) is 92.0 cm³/mol. The summed E-state index contributed by atoms with van der Waals surface area (Å²) in [4.78, 5) is 13.5. The fourth-order valence-electron chi connectivity index (χ4n) is 2.22. The Morgan fingerprint density at radius 1 is 1.29 bits per heavy atom. The molecule has 130 valence electrons. The highest BCUT2D eigenvalue weighted by molar-refractivity contribution is 7.89. The lowest BCUT2D eigenvalue weighted by atomic mass is 10.1. The van der Waals surface area contributed by atoms with E-state index in [1.165, 1.54) is 21.7 Å². The van der Waals surface area contributed by atoms with Crippen LogP contribution in [0.2, 0.25) is 0 Å². The molecule has 0 aliphatic heterocycles. The lowest BCUT2D eigenvalue weighted by molar-refractivity contribution is 0.0818. The number of aromatic nitrogens is 1. The maximum absolute atomic E-state index is 12.4. The van der Waals surface area contributed by atoms with E-state index in [0.29, 0.717) is 5.69 Å². The molecule has 2 aromatic rings. The molecule has 1 amide bonds. The van der Waals surface area contributed by atoms with Crippen LogP contribution in [-0.2, 0) is 17.1 Å². The molecule has 0 aliphatic carbocycles. The maximum Gasteiger partial charge on any atom is 0.269 e. The smallest absolute Gasteiger partial charge is 0.269 e. The van der Waals surface area contributed by atoms with Gasteiger partial charge in [-0.1, -0.05) is 30.3 Å². The second-order valence-corrected chi connectivity index (χ2v) is 7.51. The van der Waals surface area contributed by atoms with Crippen LogP contribution in [0.25, 0.3) is 0 Å². The van der Waals surface area contributed by atoms with Crippen molar-refractivity contribution in [3.63, 3.8) is 0 Å². The minimum absolute atomic E-state index is 0.0375. The summed E-state index contributed by atoms with van der Waals surface area (Å²) in [6.45, 7) is 0.0677. The van der Waals surface area contributed by atoms with E-state index in [-0.39, 0.29) is 17.3 Å². The molecule has 0 bridgehead atoms. The van der Waals surface area contributed by atoms with E-state index in [1.807, 2.05) is 30.3 Å². The minimum atomic E-state index is -3.75. The highest BCUT2D eigenvalue weighted by atomic mass is 32.2. The zero-order chi connectivity index (χ0) is 17.9. The number of amides is 1. The summed E-state index contributed by atoms with van der Waals surface area (Å²) in [5.74, 6) is -0.264. The van der Waals surface area contributed by atoms with E-state index in [1.54, 1.807) is 21.1 Å². The van der Waals surface area contributed by atoms with Crippen LogP contribution in [0.3, 0.4) is 0 Å². The van der Waals surface area contributed by atoms with E-state index in [4.69, 9.17) is 5.73 Å². The summed E-state index contributed by atoms with van der Waals surface area (Å²) < 4.78 is 28.8. The van der Waals surface area contributed by atoms with Crippen molar-refractivity contribution in [2.45, 2.75) is 10.9 Å². The molecule has 1 atom stereocenters. The van der Waals surface area contributed by atoms with Gasteiger partial charge >= 0.3 is 0 Å². The number of hydrogen-bond donors (Lipinski definition) is 2. The first-order chi connectivity index (χ1) is 11.2. The molecule has 1 aromatic heterocycles. The number of nitrogens with two attached hydrogens (primary N) is 1. The number of nitrogens with one attached hydrogen (secondary N) is 1. The largest absolute Gasteiger partial charge is 0.345 e. The molecule has 1 aromatic carbocycles. The van der Waals surface area contributed by atoms with Gasteiger partial charge in [-0.25, -0.2) is 13.1 Å². The summed E-state index contributed by atoms with van der Waals surface area (Å²) in [7, 11) is 1.11. The van der Waals surface area contributed by atoms with Crippen molar-refractivity contribution in [1.29, 1.82) is 0 Å². The van der Waals surface area contributed by atoms with Gasteiger partial charge < -0.3 is 15.2 Å². The van der Waals surface area contributed by atoms with Crippen LogP contribution in [0.1, 0.15) is 22.1 Å². The molecule has 0 radical (unpaired) electrons. The monoisotopic (exact) mass is 350 g/mol. The predicted octanol–water partition coefficient (Wildman–Crippen LogP) is 0.705. The van der Waals surface area contributed by atoms with Crippen LogP contribution >= 0.6 is 0 Å². The first-order valence-corrected chi connectivity index (χ1v) is 8.89. The number of sulfonamides is 1. The molecule has 3 N–H and O–H groups in total. The average molecular weight is 350 g/mol. The van der Waals surface area contributed by atoms with E-state index in [0.717, 1.165) is 5.56 Å². The Labute approximate surface area is 142 Å². The summed E-state index contributed by atoms with van der Waals surface area (Å²) in [5.41, 5.74) is 7.15. The van der Waals surface area contributed by atoms with Crippen LogP contribution < -0.4 is 10.5 Å². The normalized spacial score (nSPS) is 12.8. The van der Waals surface area contributed by atoms with Gasteiger partial charge in [0, 0.05) is 39.9 Å². The molecular weight excluding hydrogens is 328 g/mol. The molecule has 1 heterocycles. The molecule has 2 rings (SSSR count). The van der Waals surface area contributed by atoms with Crippen molar-refractivity contribution in [3.05, 3.63) is 53.9 Å². The Morgan fingerprint density at radius 2 is 1.92 bits per heavy atom. The summed E-state index contributed by atoms with van der Waals surface area (Å²) in [5, 5.41) is 0. The SMILES string of the molecule is CN(C)C(=O)c1cc(S(=O)(=O)NCC(N)c2ccccc2)cn1C. The number of nitrogens with zero attached hydrogens (tertiary/aromatic N) is 2. The number of carbonyl (C=O) groups is 1. The third-order valence-electron chi connectivity index (χ3n) is 3.64. The van der Waals surface area contributed by atoms with Gasteiger partial charge in [-0.15, -0.1) is 0 Å². The lowest BCUT2D eigenvalue weighted by Crippen LogP contribution is -2.31. The third kappa shape index (κ3) is 4.02. The van der Waals surface area contributed by atoms with Crippen molar-refractivity contribution in [3.8, 4) is 0 Å². The molecule has 8 heteroatoms. The lowest BCUT2D eigenvalue weighted by Gasteiger charge is -2.12. The summed E-state index contributed by atoms with van der Waals surface area (Å²) in [6, 6.07) is 10.2. The Balaban J connectivity index is 2.14. The van der Waals surface area contributed by atoms with Gasteiger partial charge in [-0.05, 0) is 11.6 Å². The fraction of sp³-hybridized carbons (Fsp3) is 0.312. The van der Waals surface area contributed by atoms with E-state index in [2.05, 4.69) is 4.72 Å². The number of rotatable bonds is 6. The fourth-order valence-corrected chi connectivity index (χ4v) is 3.35. The Hall–Kier alpha value is -2.16. The van der Waals surface area contributed by atoms with Crippen molar-refractivity contribution in [1.82, 2.24) is 14.2 Å². The minimum Gasteiger partial charge on any atom is -0.345 e.